The van der Waals surface area contributed by atoms with Crippen LogP contribution in [0.5, 0.6) is 0 Å². The average molecular weight is 450 g/mol. The van der Waals surface area contributed by atoms with Crippen LogP contribution in [0.1, 0.15) is 32.1 Å². The first-order valence-electron chi connectivity index (χ1n) is 11.0. The summed E-state index contributed by atoms with van der Waals surface area (Å²) >= 11 is 5.92. The Kier molecular flexibility index (Phi) is 10.1. The van der Waals surface area contributed by atoms with Crippen molar-refractivity contribution in [3.8, 4) is 11.4 Å². The topological polar surface area (TPSA) is 93.8 Å². The normalized spacial score (nSPS) is 15.2. The third-order valence-electron chi connectivity index (χ3n) is 4.96. The highest BCUT2D eigenvalue weighted by molar-refractivity contribution is 6.30. The number of guanidine groups is 1. The summed E-state index contributed by atoms with van der Waals surface area (Å²) in [6.07, 6.45) is 3.72. The molecule has 3 rings (SSSR count). The highest BCUT2D eigenvalue weighted by Gasteiger charge is 2.13. The van der Waals surface area contributed by atoms with E-state index in [0.717, 1.165) is 63.8 Å². The van der Waals surface area contributed by atoms with Gasteiger partial charge in [-0.3, -0.25) is 4.99 Å². The van der Waals surface area contributed by atoms with E-state index in [1.165, 1.54) is 0 Å². The molecule has 2 heterocycles. The molecule has 9 heteroatoms. The van der Waals surface area contributed by atoms with Gasteiger partial charge in [-0.25, -0.2) is 0 Å². The smallest absolute Gasteiger partial charge is 0.228 e. The molecule has 8 nitrogen and oxygen atoms in total. The molecule has 1 aliphatic rings. The summed E-state index contributed by atoms with van der Waals surface area (Å²) in [6.45, 7) is 7.49. The van der Waals surface area contributed by atoms with Crippen LogP contribution in [0.25, 0.3) is 11.4 Å². The van der Waals surface area contributed by atoms with Crippen molar-refractivity contribution in [2.75, 3.05) is 46.1 Å². The van der Waals surface area contributed by atoms with Gasteiger partial charge in [-0.2, -0.15) is 4.98 Å². The Bertz CT molecular complexity index is 791. The molecule has 1 aromatic heterocycles. The van der Waals surface area contributed by atoms with Crippen molar-refractivity contribution < 1.29 is 14.0 Å². The zero-order chi connectivity index (χ0) is 21.7. The minimum atomic E-state index is 0.563. The molecule has 1 saturated heterocycles. The molecule has 0 atom stereocenters. The van der Waals surface area contributed by atoms with Crippen molar-refractivity contribution in [2.24, 2.45) is 10.9 Å². The summed E-state index contributed by atoms with van der Waals surface area (Å²) in [5, 5.41) is 11.3. The van der Waals surface area contributed by atoms with Crippen LogP contribution in [0.3, 0.4) is 0 Å². The van der Waals surface area contributed by atoms with Crippen LogP contribution >= 0.6 is 11.6 Å². The lowest BCUT2D eigenvalue weighted by molar-refractivity contribution is 0.0205. The molecule has 170 valence electrons. The summed E-state index contributed by atoms with van der Waals surface area (Å²) in [4.78, 5) is 9.05. The summed E-state index contributed by atoms with van der Waals surface area (Å²) in [7, 11) is 0. The van der Waals surface area contributed by atoms with Gasteiger partial charge in [0.15, 0.2) is 5.96 Å². The lowest BCUT2D eigenvalue weighted by Gasteiger charge is -2.21. The van der Waals surface area contributed by atoms with Crippen molar-refractivity contribution >= 4 is 17.6 Å². The first kappa shape index (κ1) is 23.5. The molecule has 0 saturated carbocycles. The Morgan fingerprint density at radius 3 is 2.81 bits per heavy atom. The van der Waals surface area contributed by atoms with Gasteiger partial charge >= 0.3 is 0 Å². The third-order valence-corrected chi connectivity index (χ3v) is 5.21. The number of aromatic nitrogens is 2. The molecular formula is C22H32ClN5O3. The van der Waals surface area contributed by atoms with E-state index >= 15 is 0 Å². The molecule has 2 aromatic rings. The van der Waals surface area contributed by atoms with Gasteiger partial charge in [0.1, 0.15) is 0 Å². The first-order valence-corrected chi connectivity index (χ1v) is 11.4. The molecular weight excluding hydrogens is 418 g/mol. The van der Waals surface area contributed by atoms with Crippen LogP contribution in [-0.2, 0) is 15.9 Å². The molecule has 0 radical (unpaired) electrons. The molecule has 0 amide bonds. The number of hydrogen-bond donors (Lipinski definition) is 2. The fraction of sp³-hybridized carbons (Fsp3) is 0.591. The zero-order valence-corrected chi connectivity index (χ0v) is 18.9. The molecule has 1 aliphatic heterocycles. The van der Waals surface area contributed by atoms with E-state index in [2.05, 4.69) is 25.8 Å². The molecule has 1 aromatic carbocycles. The molecule has 0 bridgehead atoms. The first-order chi connectivity index (χ1) is 15.2. The van der Waals surface area contributed by atoms with Crippen molar-refractivity contribution in [1.29, 1.82) is 0 Å². The second-order valence-corrected chi connectivity index (χ2v) is 7.88. The average Bonchev–Trinajstić information content (AvgIpc) is 3.26. The Labute approximate surface area is 188 Å². The third kappa shape index (κ3) is 8.47. The Balaban J connectivity index is 1.34. The SMILES string of the molecule is CCNC(=NCCCOCC1CCOCC1)NCCc1nc(-c2ccc(Cl)cc2)no1. The van der Waals surface area contributed by atoms with Gasteiger partial charge in [-0.1, -0.05) is 16.8 Å². The fourth-order valence-corrected chi connectivity index (χ4v) is 3.35. The molecule has 31 heavy (non-hydrogen) atoms. The minimum absolute atomic E-state index is 0.563. The summed E-state index contributed by atoms with van der Waals surface area (Å²) in [5.74, 6) is 2.56. The number of ether oxygens (including phenoxy) is 2. The highest BCUT2D eigenvalue weighted by atomic mass is 35.5. The highest BCUT2D eigenvalue weighted by Crippen LogP contribution is 2.18. The van der Waals surface area contributed by atoms with E-state index in [4.69, 9.17) is 25.6 Å². The largest absolute Gasteiger partial charge is 0.381 e. The van der Waals surface area contributed by atoms with Crippen molar-refractivity contribution in [3.05, 3.63) is 35.2 Å². The van der Waals surface area contributed by atoms with Crippen molar-refractivity contribution in [2.45, 2.75) is 32.6 Å². The number of halogens is 1. The number of aliphatic imine (C=N–C) groups is 1. The molecule has 0 aliphatic carbocycles. The van der Waals surface area contributed by atoms with Gasteiger partial charge in [0, 0.05) is 63.1 Å². The predicted octanol–water partition coefficient (Wildman–Crippen LogP) is 3.32. The maximum absolute atomic E-state index is 5.92. The van der Waals surface area contributed by atoms with Gasteiger partial charge in [0.25, 0.3) is 0 Å². The van der Waals surface area contributed by atoms with E-state index in [-0.39, 0.29) is 0 Å². The number of nitrogens with zero attached hydrogens (tertiary/aromatic N) is 3. The van der Waals surface area contributed by atoms with Crippen molar-refractivity contribution in [1.82, 2.24) is 20.8 Å². The van der Waals surface area contributed by atoms with Crippen LogP contribution < -0.4 is 10.6 Å². The number of nitrogens with one attached hydrogen (secondary N) is 2. The second-order valence-electron chi connectivity index (χ2n) is 7.44. The standard InChI is InChI=1S/C22H32ClN5O3/c1-2-24-22(25-11-3-13-30-16-17-9-14-29-15-10-17)26-12-8-20-27-21(28-31-20)18-4-6-19(23)7-5-18/h4-7,17H,2-3,8-16H2,1H3,(H2,24,25,26). The number of hydrogen-bond acceptors (Lipinski definition) is 6. The van der Waals surface area contributed by atoms with E-state index in [1.54, 1.807) is 0 Å². The molecule has 2 N–H and O–H groups in total. The monoisotopic (exact) mass is 449 g/mol. The van der Waals surface area contributed by atoms with E-state index in [0.29, 0.717) is 42.2 Å². The van der Waals surface area contributed by atoms with Crippen molar-refractivity contribution in [3.63, 3.8) is 0 Å². The van der Waals surface area contributed by atoms with Gasteiger partial charge in [-0.15, -0.1) is 0 Å². The van der Waals surface area contributed by atoms with Gasteiger partial charge < -0.3 is 24.6 Å². The molecule has 0 spiro atoms. The van der Waals surface area contributed by atoms with E-state index < -0.39 is 0 Å². The minimum Gasteiger partial charge on any atom is -0.381 e. The van der Waals surface area contributed by atoms with Gasteiger partial charge in [0.2, 0.25) is 11.7 Å². The van der Waals surface area contributed by atoms with Crippen LogP contribution in [0.2, 0.25) is 5.02 Å². The number of rotatable bonds is 11. The van der Waals surface area contributed by atoms with Crippen LogP contribution in [0.4, 0.5) is 0 Å². The number of benzene rings is 1. The molecule has 0 unspecified atom stereocenters. The predicted molar refractivity (Wildman–Crippen MR) is 121 cm³/mol. The van der Waals surface area contributed by atoms with Gasteiger partial charge in [0.05, 0.1) is 0 Å². The maximum Gasteiger partial charge on any atom is 0.228 e. The zero-order valence-electron chi connectivity index (χ0n) is 18.1. The Hall–Kier alpha value is -2.16. The van der Waals surface area contributed by atoms with E-state index in [9.17, 15) is 0 Å². The second kappa shape index (κ2) is 13.3. The molecule has 1 fully saturated rings. The van der Waals surface area contributed by atoms with Crippen LogP contribution in [0.15, 0.2) is 33.8 Å². The Morgan fingerprint density at radius 2 is 2.03 bits per heavy atom. The van der Waals surface area contributed by atoms with Crippen LogP contribution in [0, 0.1) is 5.92 Å². The quantitative estimate of drug-likeness (QED) is 0.308. The van der Waals surface area contributed by atoms with Gasteiger partial charge in [-0.05, 0) is 56.4 Å². The van der Waals surface area contributed by atoms with Crippen LogP contribution in [-0.4, -0.2) is 62.2 Å². The lowest BCUT2D eigenvalue weighted by atomic mass is 10.0. The summed E-state index contributed by atoms with van der Waals surface area (Å²) in [5.41, 5.74) is 0.876. The summed E-state index contributed by atoms with van der Waals surface area (Å²) < 4.78 is 16.5. The maximum atomic E-state index is 5.92. The van der Waals surface area contributed by atoms with E-state index in [1.807, 2.05) is 31.2 Å². The fourth-order valence-electron chi connectivity index (χ4n) is 3.22. The Morgan fingerprint density at radius 1 is 1.23 bits per heavy atom. The summed E-state index contributed by atoms with van der Waals surface area (Å²) in [6, 6.07) is 7.37. The lowest BCUT2D eigenvalue weighted by Crippen LogP contribution is -2.38.